The van der Waals surface area contributed by atoms with Gasteiger partial charge in [-0.15, -0.1) is 0 Å². The van der Waals surface area contributed by atoms with Crippen LogP contribution in [-0.2, 0) is 0 Å². The van der Waals surface area contributed by atoms with Gasteiger partial charge in [0, 0.05) is 24.2 Å². The highest BCUT2D eigenvalue weighted by atomic mass is 19.1. The van der Waals surface area contributed by atoms with Crippen LogP contribution in [0.15, 0.2) is 36.9 Å². The van der Waals surface area contributed by atoms with E-state index in [1.54, 1.807) is 6.07 Å². The molecular formula is C10H8FN3O. The number of aliphatic hydroxyl groups excluding tert-OH is 1. The van der Waals surface area contributed by atoms with E-state index in [1.807, 2.05) is 0 Å². The maximum Gasteiger partial charge on any atom is 0.161 e. The van der Waals surface area contributed by atoms with Gasteiger partial charge in [-0.1, -0.05) is 0 Å². The average molecular weight is 205 g/mol. The highest BCUT2D eigenvalue weighted by Crippen LogP contribution is 2.19. The first-order chi connectivity index (χ1) is 7.29. The van der Waals surface area contributed by atoms with Crippen LogP contribution in [0.3, 0.4) is 0 Å². The fourth-order valence-corrected chi connectivity index (χ4v) is 1.20. The number of hydrogen-bond donors (Lipinski definition) is 1. The van der Waals surface area contributed by atoms with Gasteiger partial charge in [-0.2, -0.15) is 0 Å². The summed E-state index contributed by atoms with van der Waals surface area (Å²) in [6.07, 6.45) is 4.27. The molecule has 0 saturated heterocycles. The summed E-state index contributed by atoms with van der Waals surface area (Å²) in [5.74, 6) is -0.403. The minimum Gasteiger partial charge on any atom is -0.380 e. The third-order valence-corrected chi connectivity index (χ3v) is 1.93. The highest BCUT2D eigenvalue weighted by molar-refractivity contribution is 5.21. The number of nitrogens with zero attached hydrogens (tertiary/aromatic N) is 3. The Morgan fingerprint density at radius 1 is 1.20 bits per heavy atom. The summed E-state index contributed by atoms with van der Waals surface area (Å²) in [5, 5.41) is 9.78. The number of hydrogen-bond acceptors (Lipinski definition) is 4. The smallest absolute Gasteiger partial charge is 0.161 e. The first kappa shape index (κ1) is 9.67. The third kappa shape index (κ3) is 1.97. The number of halogens is 1. The first-order valence-corrected chi connectivity index (χ1v) is 4.33. The van der Waals surface area contributed by atoms with Crippen LogP contribution in [0.5, 0.6) is 0 Å². The molecule has 2 aromatic heterocycles. The summed E-state index contributed by atoms with van der Waals surface area (Å²) in [5.41, 5.74) is 0.121. The molecule has 2 aromatic rings. The van der Waals surface area contributed by atoms with E-state index >= 15 is 0 Å². The van der Waals surface area contributed by atoms with E-state index in [2.05, 4.69) is 15.0 Å². The fraction of sp³-hybridized carbons (Fsp3) is 0.100. The third-order valence-electron chi connectivity index (χ3n) is 1.93. The van der Waals surface area contributed by atoms with Crippen LogP contribution in [0.4, 0.5) is 4.39 Å². The van der Waals surface area contributed by atoms with Gasteiger partial charge in [-0.05, 0) is 12.1 Å². The molecule has 1 N–H and O–H groups in total. The standard InChI is InChI=1S/C10H8FN3O/c11-8-6-12-5-2-7(8)9(15)10-13-3-1-4-14-10/h1-6,9,15H. The molecule has 2 heterocycles. The van der Waals surface area contributed by atoms with Crippen molar-refractivity contribution in [2.24, 2.45) is 0 Å². The normalized spacial score (nSPS) is 12.4. The van der Waals surface area contributed by atoms with Crippen LogP contribution >= 0.6 is 0 Å². The van der Waals surface area contributed by atoms with Crippen molar-refractivity contribution in [2.75, 3.05) is 0 Å². The topological polar surface area (TPSA) is 58.9 Å². The van der Waals surface area contributed by atoms with Crippen molar-refractivity contribution in [3.8, 4) is 0 Å². The number of rotatable bonds is 2. The van der Waals surface area contributed by atoms with E-state index in [1.165, 1.54) is 24.7 Å². The molecule has 0 amide bonds. The zero-order valence-corrected chi connectivity index (χ0v) is 7.71. The Kier molecular flexibility index (Phi) is 2.64. The van der Waals surface area contributed by atoms with Gasteiger partial charge in [0.25, 0.3) is 0 Å². The zero-order chi connectivity index (χ0) is 10.7. The lowest BCUT2D eigenvalue weighted by Gasteiger charge is -2.09. The summed E-state index contributed by atoms with van der Waals surface area (Å²) >= 11 is 0. The molecule has 0 aliphatic carbocycles. The average Bonchev–Trinajstić information content (AvgIpc) is 2.30. The molecule has 1 atom stereocenters. The molecule has 0 saturated carbocycles. The minimum atomic E-state index is -1.16. The lowest BCUT2D eigenvalue weighted by molar-refractivity contribution is 0.204. The van der Waals surface area contributed by atoms with Crippen molar-refractivity contribution < 1.29 is 9.50 Å². The predicted octanol–water partition coefficient (Wildman–Crippen LogP) is 1.09. The molecule has 0 radical (unpaired) electrons. The van der Waals surface area contributed by atoms with E-state index in [0.717, 1.165) is 6.20 Å². The van der Waals surface area contributed by atoms with E-state index in [4.69, 9.17) is 0 Å². The Morgan fingerprint density at radius 3 is 2.60 bits per heavy atom. The SMILES string of the molecule is OC(c1ncccn1)c1ccncc1F. The fourth-order valence-electron chi connectivity index (χ4n) is 1.20. The van der Waals surface area contributed by atoms with Crippen LogP contribution in [0.2, 0.25) is 0 Å². The monoisotopic (exact) mass is 205 g/mol. The molecule has 1 unspecified atom stereocenters. The molecule has 0 aliphatic heterocycles. The lowest BCUT2D eigenvalue weighted by Crippen LogP contribution is -2.06. The molecule has 5 heteroatoms. The van der Waals surface area contributed by atoms with Crippen LogP contribution in [0, 0.1) is 5.82 Å². The Bertz CT molecular complexity index is 449. The second kappa shape index (κ2) is 4.10. The van der Waals surface area contributed by atoms with Gasteiger partial charge in [0.15, 0.2) is 5.82 Å². The van der Waals surface area contributed by atoms with Crippen LogP contribution in [0.1, 0.15) is 17.5 Å². The number of aromatic nitrogens is 3. The molecule has 76 valence electrons. The van der Waals surface area contributed by atoms with Gasteiger partial charge in [-0.25, -0.2) is 14.4 Å². The maximum absolute atomic E-state index is 13.2. The Hall–Kier alpha value is -1.88. The quantitative estimate of drug-likeness (QED) is 0.797. The van der Waals surface area contributed by atoms with E-state index < -0.39 is 11.9 Å². The van der Waals surface area contributed by atoms with Crippen molar-refractivity contribution in [1.82, 2.24) is 15.0 Å². The van der Waals surface area contributed by atoms with E-state index in [0.29, 0.717) is 0 Å². The summed E-state index contributed by atoms with van der Waals surface area (Å²) in [6.45, 7) is 0. The number of pyridine rings is 1. The largest absolute Gasteiger partial charge is 0.380 e. The van der Waals surface area contributed by atoms with Gasteiger partial charge in [0.1, 0.15) is 11.9 Å². The molecular weight excluding hydrogens is 197 g/mol. The van der Waals surface area contributed by atoms with Crippen molar-refractivity contribution >= 4 is 0 Å². The van der Waals surface area contributed by atoms with Gasteiger partial charge < -0.3 is 5.11 Å². The molecule has 0 aliphatic rings. The van der Waals surface area contributed by atoms with Gasteiger partial charge in [0.2, 0.25) is 0 Å². The van der Waals surface area contributed by atoms with E-state index in [9.17, 15) is 9.50 Å². The second-order valence-corrected chi connectivity index (χ2v) is 2.91. The summed E-state index contributed by atoms with van der Waals surface area (Å²) in [6, 6.07) is 3.02. The van der Waals surface area contributed by atoms with Crippen molar-refractivity contribution in [1.29, 1.82) is 0 Å². The Labute approximate surface area is 85.5 Å². The Morgan fingerprint density at radius 2 is 1.93 bits per heavy atom. The molecule has 0 fully saturated rings. The van der Waals surface area contributed by atoms with Crippen LogP contribution in [-0.4, -0.2) is 20.1 Å². The molecule has 0 bridgehead atoms. The van der Waals surface area contributed by atoms with Crippen molar-refractivity contribution in [3.05, 3.63) is 54.1 Å². The highest BCUT2D eigenvalue weighted by Gasteiger charge is 2.16. The van der Waals surface area contributed by atoms with Gasteiger partial charge >= 0.3 is 0 Å². The summed E-state index contributed by atoms with van der Waals surface area (Å²) in [7, 11) is 0. The molecule has 2 rings (SSSR count). The minimum absolute atomic E-state index is 0.121. The van der Waals surface area contributed by atoms with Crippen LogP contribution < -0.4 is 0 Å². The number of aliphatic hydroxyl groups is 1. The zero-order valence-electron chi connectivity index (χ0n) is 7.71. The Balaban J connectivity index is 2.37. The van der Waals surface area contributed by atoms with Gasteiger partial charge in [-0.3, -0.25) is 4.98 Å². The summed E-state index contributed by atoms with van der Waals surface area (Å²) in [4.78, 5) is 11.3. The molecule has 0 spiro atoms. The molecule has 15 heavy (non-hydrogen) atoms. The first-order valence-electron chi connectivity index (χ1n) is 4.33. The maximum atomic E-state index is 13.2. The predicted molar refractivity (Wildman–Crippen MR) is 50.3 cm³/mol. The second-order valence-electron chi connectivity index (χ2n) is 2.91. The lowest BCUT2D eigenvalue weighted by atomic mass is 10.1. The van der Waals surface area contributed by atoms with E-state index in [-0.39, 0.29) is 11.4 Å². The molecule has 4 nitrogen and oxygen atoms in total. The van der Waals surface area contributed by atoms with Crippen LogP contribution in [0.25, 0.3) is 0 Å². The van der Waals surface area contributed by atoms with Gasteiger partial charge in [0.05, 0.1) is 6.20 Å². The van der Waals surface area contributed by atoms with Crippen molar-refractivity contribution in [3.63, 3.8) is 0 Å². The van der Waals surface area contributed by atoms with Crippen molar-refractivity contribution in [2.45, 2.75) is 6.10 Å². The summed E-state index contributed by atoms with van der Waals surface area (Å²) < 4.78 is 13.2. The molecule has 0 aromatic carbocycles.